The number of Topliss-reactive ketones (excluding diaryl/α,β-unsaturated/α-hetero) is 1. The summed E-state index contributed by atoms with van der Waals surface area (Å²) in [5.41, 5.74) is 1.06. The Kier molecular flexibility index (Phi) is 6.76. The van der Waals surface area contributed by atoms with Crippen molar-refractivity contribution in [1.29, 1.82) is 0 Å². The molecule has 0 aliphatic carbocycles. The fourth-order valence-corrected chi connectivity index (χ4v) is 2.39. The fourth-order valence-electron chi connectivity index (χ4n) is 2.39. The number of nitro groups is 1. The average Bonchev–Trinajstić information content (AvgIpc) is 2.66. The number of rotatable bonds is 9. The maximum absolute atomic E-state index is 12.0. The highest BCUT2D eigenvalue weighted by Crippen LogP contribution is 2.15. The summed E-state index contributed by atoms with van der Waals surface area (Å²) in [5, 5.41) is 21.8. The van der Waals surface area contributed by atoms with Crippen LogP contribution in [-0.2, 0) is 32.1 Å². The number of non-ortho nitro benzene ring substituents is 1. The van der Waals surface area contributed by atoms with Crippen molar-refractivity contribution in [2.75, 3.05) is 0 Å². The lowest BCUT2D eigenvalue weighted by Gasteiger charge is -2.17. The first kappa shape index (κ1) is 19.8. The van der Waals surface area contributed by atoms with E-state index in [1.807, 2.05) is 0 Å². The van der Waals surface area contributed by atoms with E-state index in [9.17, 15) is 29.6 Å². The molecule has 0 aliphatic heterocycles. The quantitative estimate of drug-likeness (QED) is 0.281. The van der Waals surface area contributed by atoms with Crippen LogP contribution in [0.15, 0.2) is 54.6 Å². The number of carbonyl (C=O) groups is 3. The number of ether oxygens (including phenoxy) is 1. The summed E-state index contributed by atoms with van der Waals surface area (Å²) in [6, 6.07) is 14.0. The first-order valence-corrected chi connectivity index (χ1v) is 8.05. The Morgan fingerprint density at radius 1 is 0.963 bits per heavy atom. The van der Waals surface area contributed by atoms with Crippen LogP contribution in [0.1, 0.15) is 17.5 Å². The highest BCUT2D eigenvalue weighted by molar-refractivity contribution is 6.33. The van der Waals surface area contributed by atoms with Gasteiger partial charge in [0.05, 0.1) is 4.92 Å². The van der Waals surface area contributed by atoms with Gasteiger partial charge in [0.1, 0.15) is 6.61 Å². The molecule has 140 valence electrons. The SMILES string of the molecule is O=C(CC(Cc1ccccc1)C(=O)[O-])C(=O)OCc1ccc([N+](=O)[O-])cc1. The maximum atomic E-state index is 12.0. The molecule has 0 saturated carbocycles. The van der Waals surface area contributed by atoms with Crippen molar-refractivity contribution in [3.8, 4) is 0 Å². The lowest BCUT2D eigenvalue weighted by molar-refractivity contribution is -0.384. The predicted octanol–water partition coefficient (Wildman–Crippen LogP) is 1.21. The smallest absolute Gasteiger partial charge is 0.374 e. The van der Waals surface area contributed by atoms with E-state index in [4.69, 9.17) is 4.74 Å². The molecule has 2 aromatic rings. The van der Waals surface area contributed by atoms with Crippen LogP contribution in [0, 0.1) is 16.0 Å². The molecule has 0 amide bonds. The maximum Gasteiger partial charge on any atom is 0.374 e. The van der Waals surface area contributed by atoms with Crippen LogP contribution in [0.5, 0.6) is 0 Å². The zero-order chi connectivity index (χ0) is 19.8. The van der Waals surface area contributed by atoms with E-state index in [1.54, 1.807) is 30.3 Å². The van der Waals surface area contributed by atoms with Crippen molar-refractivity contribution in [1.82, 2.24) is 0 Å². The molecule has 8 nitrogen and oxygen atoms in total. The van der Waals surface area contributed by atoms with Crippen molar-refractivity contribution in [2.45, 2.75) is 19.4 Å². The number of hydrogen-bond donors (Lipinski definition) is 0. The molecule has 2 aromatic carbocycles. The molecular weight excluding hydrogens is 354 g/mol. The van der Waals surface area contributed by atoms with E-state index in [1.165, 1.54) is 24.3 Å². The van der Waals surface area contributed by atoms with E-state index in [-0.39, 0.29) is 18.7 Å². The Balaban J connectivity index is 1.90. The number of ketones is 1. The topological polar surface area (TPSA) is 127 Å². The highest BCUT2D eigenvalue weighted by Gasteiger charge is 2.22. The summed E-state index contributed by atoms with van der Waals surface area (Å²) in [4.78, 5) is 45.0. The monoisotopic (exact) mass is 370 g/mol. The van der Waals surface area contributed by atoms with Gasteiger partial charge in [-0.1, -0.05) is 30.3 Å². The Morgan fingerprint density at radius 3 is 2.15 bits per heavy atom. The van der Waals surface area contributed by atoms with Gasteiger partial charge < -0.3 is 14.6 Å². The molecule has 1 unspecified atom stereocenters. The number of nitro benzene ring substituents is 1. The Morgan fingerprint density at radius 2 is 1.59 bits per heavy atom. The molecule has 2 rings (SSSR count). The predicted molar refractivity (Wildman–Crippen MR) is 91.2 cm³/mol. The second-order valence-corrected chi connectivity index (χ2v) is 5.83. The number of carbonyl (C=O) groups excluding carboxylic acids is 3. The number of carboxylic acid groups (broad SMARTS) is 1. The third-order valence-electron chi connectivity index (χ3n) is 3.83. The molecule has 0 spiro atoms. The summed E-state index contributed by atoms with van der Waals surface area (Å²) >= 11 is 0. The number of esters is 1. The Labute approximate surface area is 154 Å². The van der Waals surface area contributed by atoms with Crippen LogP contribution < -0.4 is 5.11 Å². The van der Waals surface area contributed by atoms with Crippen LogP contribution in [0.2, 0.25) is 0 Å². The van der Waals surface area contributed by atoms with E-state index in [2.05, 4.69) is 0 Å². The van der Waals surface area contributed by atoms with Gasteiger partial charge in [-0.05, 0) is 29.7 Å². The largest absolute Gasteiger partial charge is 0.550 e. The summed E-state index contributed by atoms with van der Waals surface area (Å²) in [7, 11) is 0. The van der Waals surface area contributed by atoms with Gasteiger partial charge >= 0.3 is 5.97 Å². The summed E-state index contributed by atoms with van der Waals surface area (Å²) < 4.78 is 4.85. The first-order chi connectivity index (χ1) is 12.9. The first-order valence-electron chi connectivity index (χ1n) is 8.05. The fraction of sp³-hybridized carbons (Fsp3) is 0.211. The minimum atomic E-state index is -1.42. The van der Waals surface area contributed by atoms with Crippen LogP contribution in [0.3, 0.4) is 0 Å². The zero-order valence-corrected chi connectivity index (χ0v) is 14.2. The van der Waals surface area contributed by atoms with E-state index >= 15 is 0 Å². The number of nitrogens with zero attached hydrogens (tertiary/aromatic N) is 1. The molecule has 27 heavy (non-hydrogen) atoms. The molecule has 0 saturated heterocycles. The molecule has 1 atom stereocenters. The van der Waals surface area contributed by atoms with Crippen LogP contribution >= 0.6 is 0 Å². The summed E-state index contributed by atoms with van der Waals surface area (Å²) in [5.74, 6) is -4.70. The van der Waals surface area contributed by atoms with Gasteiger partial charge in [-0.2, -0.15) is 0 Å². The zero-order valence-electron chi connectivity index (χ0n) is 14.2. The second kappa shape index (κ2) is 9.23. The lowest BCUT2D eigenvalue weighted by atomic mass is 9.94. The van der Waals surface area contributed by atoms with Gasteiger partial charge in [-0.25, -0.2) is 4.79 Å². The summed E-state index contributed by atoms with van der Waals surface area (Å²) in [6.07, 6.45) is -0.471. The van der Waals surface area contributed by atoms with Gasteiger partial charge in [0.15, 0.2) is 0 Å². The summed E-state index contributed by atoms with van der Waals surface area (Å²) in [6.45, 7) is -0.253. The van der Waals surface area contributed by atoms with Gasteiger partial charge in [0, 0.05) is 30.4 Å². The molecule has 0 aliphatic rings. The van der Waals surface area contributed by atoms with Crippen molar-refractivity contribution in [3.05, 3.63) is 75.8 Å². The van der Waals surface area contributed by atoms with Gasteiger partial charge in [0.25, 0.3) is 5.69 Å². The highest BCUT2D eigenvalue weighted by atomic mass is 16.6. The number of benzene rings is 2. The molecule has 0 radical (unpaired) electrons. The molecule has 0 heterocycles. The third-order valence-corrected chi connectivity index (χ3v) is 3.83. The van der Waals surface area contributed by atoms with E-state index in [0.29, 0.717) is 11.1 Å². The lowest BCUT2D eigenvalue weighted by Crippen LogP contribution is -2.35. The third kappa shape index (κ3) is 6.03. The number of carboxylic acids is 1. The minimum absolute atomic E-state index is 0.0601. The molecule has 0 bridgehead atoms. The van der Waals surface area contributed by atoms with E-state index < -0.39 is 35.0 Å². The van der Waals surface area contributed by atoms with Gasteiger partial charge in [-0.15, -0.1) is 0 Å². The van der Waals surface area contributed by atoms with Crippen molar-refractivity contribution in [2.24, 2.45) is 5.92 Å². The molecule has 0 fully saturated rings. The van der Waals surface area contributed by atoms with E-state index in [0.717, 1.165) is 0 Å². The standard InChI is InChI=1S/C19H17NO7/c21-17(11-15(18(22)23)10-13-4-2-1-3-5-13)19(24)27-12-14-6-8-16(9-7-14)20(25)26/h1-9,15H,10-12H2,(H,22,23)/p-1. The van der Waals surface area contributed by atoms with Crippen LogP contribution in [0.4, 0.5) is 5.69 Å². The number of hydrogen-bond acceptors (Lipinski definition) is 7. The van der Waals surface area contributed by atoms with Crippen LogP contribution in [-0.4, -0.2) is 22.6 Å². The molecule has 0 N–H and O–H groups in total. The number of aliphatic carboxylic acids is 1. The Hall–Kier alpha value is -3.55. The Bertz CT molecular complexity index is 831. The van der Waals surface area contributed by atoms with Crippen molar-refractivity contribution < 1.29 is 29.2 Å². The molecule has 8 heteroatoms. The second-order valence-electron chi connectivity index (χ2n) is 5.83. The average molecular weight is 370 g/mol. The normalized spacial score (nSPS) is 11.4. The van der Waals surface area contributed by atoms with Gasteiger partial charge in [-0.3, -0.25) is 14.9 Å². The van der Waals surface area contributed by atoms with Crippen molar-refractivity contribution >= 4 is 23.4 Å². The molecular formula is C19H16NO7-. The molecule has 0 aromatic heterocycles. The van der Waals surface area contributed by atoms with Crippen molar-refractivity contribution in [3.63, 3.8) is 0 Å². The minimum Gasteiger partial charge on any atom is -0.550 e. The van der Waals surface area contributed by atoms with Gasteiger partial charge in [0.2, 0.25) is 5.78 Å². The van der Waals surface area contributed by atoms with Crippen LogP contribution in [0.25, 0.3) is 0 Å².